The van der Waals surface area contributed by atoms with E-state index in [1.165, 1.54) is 11.9 Å². The van der Waals surface area contributed by atoms with Gasteiger partial charge in [-0.3, -0.25) is 9.52 Å². The fourth-order valence-corrected chi connectivity index (χ4v) is 0.948. The number of hydrogen-bond acceptors (Lipinski definition) is 4. The number of hydrogen-bond donors (Lipinski definition) is 3. The van der Waals surface area contributed by atoms with E-state index in [-0.39, 0.29) is 5.91 Å². The van der Waals surface area contributed by atoms with E-state index < -0.39 is 6.10 Å². The number of rotatable bonds is 5. The topological polar surface area (TPSA) is 75.3 Å². The van der Waals surface area contributed by atoms with Crippen LogP contribution >= 0.6 is 11.9 Å². The molecule has 0 aromatic rings. The molecule has 0 aliphatic carbocycles. The Morgan fingerprint density at radius 1 is 1.82 bits per heavy atom. The van der Waals surface area contributed by atoms with Crippen LogP contribution in [0.3, 0.4) is 0 Å². The van der Waals surface area contributed by atoms with Crippen LogP contribution in [-0.2, 0) is 4.79 Å². The highest BCUT2D eigenvalue weighted by atomic mass is 32.2. The Morgan fingerprint density at radius 2 is 2.45 bits per heavy atom. The lowest BCUT2D eigenvalue weighted by molar-refractivity contribution is -0.127. The number of aliphatic hydroxyl groups is 1. The molecule has 5 heteroatoms. The lowest BCUT2D eigenvalue weighted by Gasteiger charge is -2.07. The lowest BCUT2D eigenvalue weighted by atomic mass is 10.2. The number of carbonyl (C=O) groups is 1. The van der Waals surface area contributed by atoms with Crippen molar-refractivity contribution in [3.05, 3.63) is 0 Å². The molecule has 0 rings (SSSR count). The summed E-state index contributed by atoms with van der Waals surface area (Å²) in [6.45, 7) is 0.504. The Hall–Kier alpha value is -0.260. The van der Waals surface area contributed by atoms with Gasteiger partial charge in [0, 0.05) is 6.26 Å². The molecule has 0 aliphatic rings. The van der Waals surface area contributed by atoms with Gasteiger partial charge in [0.15, 0.2) is 0 Å². The summed E-state index contributed by atoms with van der Waals surface area (Å²) in [5.41, 5.74) is 5.20. The van der Waals surface area contributed by atoms with Crippen LogP contribution in [0.2, 0.25) is 0 Å². The summed E-state index contributed by atoms with van der Waals surface area (Å²) in [5.74, 6) is -0.342. The van der Waals surface area contributed by atoms with Crippen molar-refractivity contribution < 1.29 is 9.90 Å². The predicted molar refractivity (Wildman–Crippen MR) is 46.0 cm³/mol. The normalized spacial score (nSPS) is 12.6. The quantitative estimate of drug-likeness (QED) is 0.495. The zero-order valence-corrected chi connectivity index (χ0v) is 7.36. The summed E-state index contributed by atoms with van der Waals surface area (Å²) in [6, 6.07) is 0. The Morgan fingerprint density at radius 3 is 2.91 bits per heavy atom. The van der Waals surface area contributed by atoms with Crippen LogP contribution in [0.4, 0.5) is 0 Å². The summed E-state index contributed by atoms with van der Waals surface area (Å²) in [5, 5.41) is 9.10. The molecule has 1 amide bonds. The fraction of sp³-hybridized carbons (Fsp3) is 0.833. The minimum Gasteiger partial charge on any atom is -0.383 e. The van der Waals surface area contributed by atoms with Gasteiger partial charge >= 0.3 is 0 Å². The zero-order valence-electron chi connectivity index (χ0n) is 6.54. The van der Waals surface area contributed by atoms with Gasteiger partial charge in [-0.1, -0.05) is 11.9 Å². The maximum absolute atomic E-state index is 10.8. The van der Waals surface area contributed by atoms with E-state index in [1.54, 1.807) is 6.26 Å². The zero-order chi connectivity index (χ0) is 8.69. The average Bonchev–Trinajstić information content (AvgIpc) is 2.00. The second kappa shape index (κ2) is 6.45. The van der Waals surface area contributed by atoms with Gasteiger partial charge in [-0.15, -0.1) is 0 Å². The third-order valence-electron chi connectivity index (χ3n) is 1.19. The Labute approximate surface area is 70.7 Å². The summed E-state index contributed by atoms with van der Waals surface area (Å²) in [7, 11) is 0. The fourth-order valence-electron chi connectivity index (χ4n) is 0.611. The molecule has 0 radical (unpaired) electrons. The van der Waals surface area contributed by atoms with Crippen molar-refractivity contribution in [3.63, 3.8) is 0 Å². The largest absolute Gasteiger partial charge is 0.383 e. The van der Waals surface area contributed by atoms with Crippen molar-refractivity contribution in [1.82, 2.24) is 4.72 Å². The Kier molecular flexibility index (Phi) is 6.30. The van der Waals surface area contributed by atoms with Crippen LogP contribution in [0.5, 0.6) is 0 Å². The summed E-state index contributed by atoms with van der Waals surface area (Å²) in [6.07, 6.45) is 1.92. The molecule has 0 saturated heterocycles. The van der Waals surface area contributed by atoms with Crippen molar-refractivity contribution in [1.29, 1.82) is 0 Å². The number of nitrogens with one attached hydrogen (secondary N) is 1. The van der Waals surface area contributed by atoms with E-state index in [4.69, 9.17) is 10.8 Å². The number of aliphatic hydroxyl groups excluding tert-OH is 1. The van der Waals surface area contributed by atoms with E-state index >= 15 is 0 Å². The predicted octanol–water partition coefficient (Wildman–Crippen LogP) is -0.520. The second-order valence-electron chi connectivity index (χ2n) is 2.12. The molecule has 4 N–H and O–H groups in total. The van der Waals surface area contributed by atoms with Crippen LogP contribution in [0.1, 0.15) is 12.8 Å². The molecule has 0 bridgehead atoms. The number of carbonyl (C=O) groups excluding carboxylic acids is 1. The van der Waals surface area contributed by atoms with Crippen LogP contribution in [-0.4, -0.2) is 29.9 Å². The van der Waals surface area contributed by atoms with E-state index in [2.05, 4.69) is 4.72 Å². The van der Waals surface area contributed by atoms with E-state index in [1.807, 2.05) is 0 Å². The van der Waals surface area contributed by atoms with Gasteiger partial charge < -0.3 is 10.8 Å². The highest BCUT2D eigenvalue weighted by molar-refractivity contribution is 7.97. The molecule has 1 unspecified atom stereocenters. The molecular formula is C6H14N2O2S. The van der Waals surface area contributed by atoms with Gasteiger partial charge in [0.1, 0.15) is 6.10 Å². The molecule has 11 heavy (non-hydrogen) atoms. The van der Waals surface area contributed by atoms with Crippen molar-refractivity contribution in [2.75, 3.05) is 12.8 Å². The Bertz CT molecular complexity index is 121. The number of nitrogens with two attached hydrogens (primary N) is 1. The number of amides is 1. The molecule has 0 saturated carbocycles. The first kappa shape index (κ1) is 10.7. The standard InChI is InChI=1S/C6H14N2O2S/c1-11-8-6(10)5(9)3-2-4-7/h5,9H,2-4,7H2,1H3,(H,8,10). The molecular weight excluding hydrogens is 164 g/mol. The molecule has 66 valence electrons. The van der Waals surface area contributed by atoms with Gasteiger partial charge in [0.2, 0.25) is 0 Å². The molecule has 0 spiro atoms. The maximum Gasteiger partial charge on any atom is 0.258 e. The third-order valence-corrected chi connectivity index (χ3v) is 1.59. The third kappa shape index (κ3) is 5.06. The SMILES string of the molecule is CSNC(=O)C(O)CCCN. The van der Waals surface area contributed by atoms with E-state index in [9.17, 15) is 4.79 Å². The van der Waals surface area contributed by atoms with Crippen LogP contribution in [0, 0.1) is 0 Å². The first-order valence-electron chi connectivity index (χ1n) is 3.43. The minimum atomic E-state index is -0.911. The minimum absolute atomic E-state index is 0.342. The summed E-state index contributed by atoms with van der Waals surface area (Å²) >= 11 is 1.18. The van der Waals surface area contributed by atoms with Gasteiger partial charge in [-0.25, -0.2) is 0 Å². The molecule has 0 aromatic heterocycles. The summed E-state index contributed by atoms with van der Waals surface area (Å²) in [4.78, 5) is 10.8. The highest BCUT2D eigenvalue weighted by Gasteiger charge is 2.12. The van der Waals surface area contributed by atoms with Crippen molar-refractivity contribution in [3.8, 4) is 0 Å². The van der Waals surface area contributed by atoms with Gasteiger partial charge in [0.25, 0.3) is 5.91 Å². The van der Waals surface area contributed by atoms with E-state index in [0.717, 1.165) is 0 Å². The first-order valence-corrected chi connectivity index (χ1v) is 4.65. The van der Waals surface area contributed by atoms with Crippen LogP contribution in [0.25, 0.3) is 0 Å². The van der Waals surface area contributed by atoms with Gasteiger partial charge in [-0.05, 0) is 19.4 Å². The smallest absolute Gasteiger partial charge is 0.258 e. The monoisotopic (exact) mass is 178 g/mol. The lowest BCUT2D eigenvalue weighted by Crippen LogP contribution is -2.30. The van der Waals surface area contributed by atoms with Crippen LogP contribution in [0.15, 0.2) is 0 Å². The summed E-state index contributed by atoms with van der Waals surface area (Å²) < 4.78 is 2.44. The molecule has 0 aliphatic heterocycles. The van der Waals surface area contributed by atoms with Crippen LogP contribution < -0.4 is 10.5 Å². The molecule has 0 heterocycles. The van der Waals surface area contributed by atoms with Crippen molar-refractivity contribution >= 4 is 17.9 Å². The Balaban J connectivity index is 3.46. The first-order chi connectivity index (χ1) is 5.22. The maximum atomic E-state index is 10.8. The molecule has 1 atom stereocenters. The average molecular weight is 178 g/mol. The van der Waals surface area contributed by atoms with E-state index in [0.29, 0.717) is 19.4 Å². The molecule has 4 nitrogen and oxygen atoms in total. The van der Waals surface area contributed by atoms with Crippen molar-refractivity contribution in [2.24, 2.45) is 5.73 Å². The molecule has 0 aromatic carbocycles. The van der Waals surface area contributed by atoms with Gasteiger partial charge in [0.05, 0.1) is 0 Å². The van der Waals surface area contributed by atoms with Gasteiger partial charge in [-0.2, -0.15) is 0 Å². The highest BCUT2D eigenvalue weighted by Crippen LogP contribution is 1.97. The second-order valence-corrected chi connectivity index (χ2v) is 2.73. The molecule has 0 fully saturated rings. The van der Waals surface area contributed by atoms with Crippen molar-refractivity contribution in [2.45, 2.75) is 18.9 Å².